The summed E-state index contributed by atoms with van der Waals surface area (Å²) in [7, 11) is 0. The largest absolute Gasteiger partial charge is 0.326 e. The highest BCUT2D eigenvalue weighted by atomic mass is 35.5. The van der Waals surface area contributed by atoms with Crippen molar-refractivity contribution in [2.24, 2.45) is 0 Å². The van der Waals surface area contributed by atoms with Gasteiger partial charge < -0.3 is 5.32 Å². The summed E-state index contributed by atoms with van der Waals surface area (Å²) in [4.78, 5) is 23.1. The average Bonchev–Trinajstić information content (AvgIpc) is 2.17. The molecule has 0 aromatic heterocycles. The van der Waals surface area contributed by atoms with Gasteiger partial charge in [0.2, 0.25) is 0 Å². The Balaban J connectivity index is 2.64. The molecule has 0 radical (unpaired) electrons. The van der Waals surface area contributed by atoms with E-state index in [4.69, 9.17) is 11.6 Å². The molecular weight excluding hydrogens is 168 g/mol. The first-order valence-corrected chi connectivity index (χ1v) is 3.88. The Morgan fingerprint density at radius 2 is 2.27 bits per heavy atom. The minimum Gasteiger partial charge on any atom is -0.326 e. The van der Waals surface area contributed by atoms with Gasteiger partial charge in [0, 0.05) is 12.4 Å². The van der Waals surface area contributed by atoms with E-state index in [2.05, 4.69) is 5.32 Å². The van der Waals surface area contributed by atoms with Gasteiger partial charge in [0.15, 0.2) is 0 Å². The maximum Gasteiger partial charge on any atom is 0.324 e. The summed E-state index contributed by atoms with van der Waals surface area (Å²) in [6.07, 6.45) is 0. The normalized spacial score (nSPS) is 24.2. The third-order valence-corrected chi connectivity index (χ3v) is 1.70. The molecule has 5 heteroatoms. The molecule has 0 saturated carbocycles. The van der Waals surface area contributed by atoms with E-state index in [9.17, 15) is 9.59 Å². The van der Waals surface area contributed by atoms with E-state index < -0.39 is 6.04 Å². The van der Waals surface area contributed by atoms with E-state index in [-0.39, 0.29) is 24.4 Å². The van der Waals surface area contributed by atoms with Gasteiger partial charge in [-0.1, -0.05) is 0 Å². The Labute approximate surface area is 69.5 Å². The Morgan fingerprint density at radius 3 is 2.64 bits per heavy atom. The van der Waals surface area contributed by atoms with E-state index >= 15 is 0 Å². The van der Waals surface area contributed by atoms with Crippen LogP contribution >= 0.6 is 11.6 Å². The summed E-state index contributed by atoms with van der Waals surface area (Å²) in [5, 5.41) is 2.48. The van der Waals surface area contributed by atoms with E-state index in [0.29, 0.717) is 0 Å². The zero-order valence-corrected chi connectivity index (χ0v) is 6.89. The van der Waals surface area contributed by atoms with Gasteiger partial charge in [-0.05, 0) is 6.92 Å². The molecule has 1 fully saturated rings. The van der Waals surface area contributed by atoms with Gasteiger partial charge in [0.25, 0.3) is 5.91 Å². The van der Waals surface area contributed by atoms with Crippen molar-refractivity contribution in [2.75, 3.05) is 12.4 Å². The van der Waals surface area contributed by atoms with Gasteiger partial charge in [-0.3, -0.25) is 9.69 Å². The lowest BCUT2D eigenvalue weighted by Crippen LogP contribution is -2.32. The summed E-state index contributed by atoms with van der Waals surface area (Å²) in [6.45, 7) is 1.94. The van der Waals surface area contributed by atoms with E-state index in [0.717, 1.165) is 4.90 Å². The van der Waals surface area contributed by atoms with Crippen LogP contribution in [0.2, 0.25) is 0 Å². The lowest BCUT2D eigenvalue weighted by atomic mass is 10.3. The number of carbonyl (C=O) groups is 2. The standard InChI is InChI=1S/C6H9ClN2O2/c1-4-5(10)9(3-2-7)6(11)8-4/h4H,2-3H2,1H3,(H,8,11)/t4-/m0/s1. The van der Waals surface area contributed by atoms with Crippen LogP contribution in [0, 0.1) is 0 Å². The second-order valence-corrected chi connectivity index (χ2v) is 2.73. The van der Waals surface area contributed by atoms with Crippen LogP contribution in [-0.4, -0.2) is 35.3 Å². The first-order chi connectivity index (χ1) is 5.16. The molecular formula is C6H9ClN2O2. The molecule has 0 aromatic carbocycles. The van der Waals surface area contributed by atoms with Crippen molar-refractivity contribution in [3.8, 4) is 0 Å². The fraction of sp³-hybridized carbons (Fsp3) is 0.667. The third-order valence-electron chi connectivity index (χ3n) is 1.53. The highest BCUT2D eigenvalue weighted by molar-refractivity contribution is 6.18. The summed E-state index contributed by atoms with van der Waals surface area (Å²) >= 11 is 5.39. The maximum absolute atomic E-state index is 11.1. The average molecular weight is 177 g/mol. The molecule has 62 valence electrons. The zero-order valence-electron chi connectivity index (χ0n) is 6.13. The number of nitrogens with zero attached hydrogens (tertiary/aromatic N) is 1. The molecule has 1 aliphatic heterocycles. The van der Waals surface area contributed by atoms with Crippen molar-refractivity contribution in [1.29, 1.82) is 0 Å². The van der Waals surface area contributed by atoms with Crippen molar-refractivity contribution >= 4 is 23.5 Å². The number of rotatable bonds is 2. The van der Waals surface area contributed by atoms with Crippen LogP contribution in [0.3, 0.4) is 0 Å². The number of amides is 3. The minimum atomic E-state index is -0.397. The van der Waals surface area contributed by atoms with E-state index in [1.807, 2.05) is 0 Å². The smallest absolute Gasteiger partial charge is 0.324 e. The molecule has 1 aliphatic rings. The molecule has 0 aromatic rings. The van der Waals surface area contributed by atoms with Crippen LogP contribution in [0.4, 0.5) is 4.79 Å². The number of carbonyl (C=O) groups excluding carboxylic acids is 2. The van der Waals surface area contributed by atoms with Crippen LogP contribution in [0.5, 0.6) is 0 Å². The van der Waals surface area contributed by atoms with Crippen molar-refractivity contribution in [3.05, 3.63) is 0 Å². The van der Waals surface area contributed by atoms with Crippen molar-refractivity contribution in [2.45, 2.75) is 13.0 Å². The first-order valence-electron chi connectivity index (χ1n) is 3.34. The Morgan fingerprint density at radius 1 is 1.64 bits per heavy atom. The van der Waals surface area contributed by atoms with E-state index in [1.54, 1.807) is 6.92 Å². The van der Waals surface area contributed by atoms with Crippen LogP contribution in [0.15, 0.2) is 0 Å². The third kappa shape index (κ3) is 1.45. The Bertz CT molecular complexity index is 195. The van der Waals surface area contributed by atoms with Gasteiger partial charge >= 0.3 is 6.03 Å². The highest BCUT2D eigenvalue weighted by Gasteiger charge is 2.33. The SMILES string of the molecule is C[C@@H]1NC(=O)N(CCCl)C1=O. The second kappa shape index (κ2) is 3.09. The Hall–Kier alpha value is -0.770. The van der Waals surface area contributed by atoms with Gasteiger partial charge in [-0.25, -0.2) is 4.79 Å². The predicted octanol–water partition coefficient (Wildman–Crippen LogP) is 0.166. The molecule has 4 nitrogen and oxygen atoms in total. The van der Waals surface area contributed by atoms with Gasteiger partial charge in [-0.15, -0.1) is 11.6 Å². The number of imide groups is 1. The van der Waals surface area contributed by atoms with Crippen LogP contribution < -0.4 is 5.32 Å². The predicted molar refractivity (Wildman–Crippen MR) is 40.4 cm³/mol. The molecule has 1 atom stereocenters. The lowest BCUT2D eigenvalue weighted by Gasteiger charge is -2.08. The first kappa shape index (κ1) is 8.33. The second-order valence-electron chi connectivity index (χ2n) is 2.35. The quantitative estimate of drug-likeness (QED) is 0.482. The van der Waals surface area contributed by atoms with E-state index in [1.165, 1.54) is 0 Å². The summed E-state index contributed by atoms with van der Waals surface area (Å²) in [5.41, 5.74) is 0. The molecule has 11 heavy (non-hydrogen) atoms. The number of hydrogen-bond donors (Lipinski definition) is 1. The van der Waals surface area contributed by atoms with Crippen molar-refractivity contribution in [1.82, 2.24) is 10.2 Å². The monoisotopic (exact) mass is 176 g/mol. The van der Waals surface area contributed by atoms with Crippen molar-refractivity contribution in [3.63, 3.8) is 0 Å². The molecule has 3 amide bonds. The maximum atomic E-state index is 11.1. The van der Waals surface area contributed by atoms with Gasteiger partial charge in [-0.2, -0.15) is 0 Å². The number of alkyl halides is 1. The molecule has 0 bridgehead atoms. The summed E-state index contributed by atoms with van der Waals surface area (Å²) in [6, 6.07) is -0.742. The molecule has 1 heterocycles. The molecule has 1 N–H and O–H groups in total. The lowest BCUT2D eigenvalue weighted by molar-refractivity contribution is -0.126. The molecule has 0 aliphatic carbocycles. The minimum absolute atomic E-state index is 0.198. The van der Waals surface area contributed by atoms with Crippen LogP contribution in [-0.2, 0) is 4.79 Å². The fourth-order valence-corrected chi connectivity index (χ4v) is 1.12. The van der Waals surface area contributed by atoms with Crippen LogP contribution in [0.1, 0.15) is 6.92 Å². The molecule has 0 unspecified atom stereocenters. The Kier molecular flexibility index (Phi) is 2.34. The zero-order chi connectivity index (χ0) is 8.43. The number of hydrogen-bond acceptors (Lipinski definition) is 2. The topological polar surface area (TPSA) is 49.4 Å². The number of urea groups is 1. The summed E-state index contributed by atoms with van der Waals surface area (Å²) in [5.74, 6) is 0.0851. The highest BCUT2D eigenvalue weighted by Crippen LogP contribution is 2.04. The molecule has 1 saturated heterocycles. The fourth-order valence-electron chi connectivity index (χ4n) is 0.955. The van der Waals surface area contributed by atoms with Gasteiger partial charge in [0.1, 0.15) is 6.04 Å². The summed E-state index contributed by atoms with van der Waals surface area (Å²) < 4.78 is 0. The number of halogens is 1. The van der Waals surface area contributed by atoms with Crippen molar-refractivity contribution < 1.29 is 9.59 Å². The molecule has 0 spiro atoms. The van der Waals surface area contributed by atoms with Crippen LogP contribution in [0.25, 0.3) is 0 Å². The number of nitrogens with one attached hydrogen (secondary N) is 1. The van der Waals surface area contributed by atoms with Gasteiger partial charge in [0.05, 0.1) is 0 Å². The molecule has 1 rings (SSSR count).